The number of fused-ring (bicyclic) bond motifs is 1. The van der Waals surface area contributed by atoms with Gasteiger partial charge in [-0.05, 0) is 24.1 Å². The highest BCUT2D eigenvalue weighted by Gasteiger charge is 2.39. The first-order chi connectivity index (χ1) is 12.6. The molecule has 0 spiro atoms. The van der Waals surface area contributed by atoms with Gasteiger partial charge < -0.3 is 15.5 Å². The summed E-state index contributed by atoms with van der Waals surface area (Å²) < 4.78 is 2.00. The molecule has 134 valence electrons. The van der Waals surface area contributed by atoms with Crippen LogP contribution in [0.1, 0.15) is 22.7 Å². The first-order valence-electron chi connectivity index (χ1n) is 8.66. The number of nitrogens with two attached hydrogens (primary N) is 1. The minimum Gasteiger partial charge on any atom is -0.349 e. The van der Waals surface area contributed by atoms with Crippen LogP contribution in [0.4, 0.5) is 0 Å². The lowest BCUT2D eigenvalue weighted by atomic mass is 9.90. The molecule has 3 unspecified atom stereocenters. The van der Waals surface area contributed by atoms with Crippen molar-refractivity contribution in [3.8, 4) is 0 Å². The Morgan fingerprint density at radius 1 is 1.23 bits per heavy atom. The second kappa shape index (κ2) is 6.87. The Morgan fingerprint density at radius 3 is 2.85 bits per heavy atom. The molecule has 7 heteroatoms. The maximum absolute atomic E-state index is 12.8. The molecule has 3 aromatic rings. The van der Waals surface area contributed by atoms with E-state index in [1.54, 1.807) is 6.20 Å². The van der Waals surface area contributed by atoms with Crippen LogP contribution in [0.25, 0.3) is 5.65 Å². The van der Waals surface area contributed by atoms with Crippen LogP contribution in [0.5, 0.6) is 0 Å². The summed E-state index contributed by atoms with van der Waals surface area (Å²) in [4.78, 5) is 17.2. The highest BCUT2D eigenvalue weighted by Crippen LogP contribution is 2.25. The van der Waals surface area contributed by atoms with Gasteiger partial charge in [0.1, 0.15) is 11.7 Å². The number of hydrazine groups is 1. The number of amides is 1. The van der Waals surface area contributed by atoms with Crippen molar-refractivity contribution in [2.45, 2.75) is 31.6 Å². The van der Waals surface area contributed by atoms with E-state index in [-0.39, 0.29) is 18.0 Å². The van der Waals surface area contributed by atoms with Crippen molar-refractivity contribution in [3.63, 3.8) is 0 Å². The molecule has 0 aliphatic carbocycles. The SMILES string of the molecule is Cc1cccn2c(CNC(=O)C3NNC(N)C3c3ccccc3)cnc12. The molecule has 0 radical (unpaired) electrons. The number of hydrogen-bond acceptors (Lipinski definition) is 5. The predicted octanol–water partition coefficient (Wildman–Crippen LogP) is 0.804. The van der Waals surface area contributed by atoms with Crippen molar-refractivity contribution in [3.05, 3.63) is 71.7 Å². The summed E-state index contributed by atoms with van der Waals surface area (Å²) in [6, 6.07) is 13.4. The van der Waals surface area contributed by atoms with Crippen LogP contribution in [-0.2, 0) is 11.3 Å². The van der Waals surface area contributed by atoms with Crippen LogP contribution >= 0.6 is 0 Å². The molecule has 2 aromatic heterocycles. The van der Waals surface area contributed by atoms with Gasteiger partial charge in [0.15, 0.2) is 0 Å². The average molecular weight is 350 g/mol. The molecule has 1 saturated heterocycles. The summed E-state index contributed by atoms with van der Waals surface area (Å²) in [5.74, 6) is -0.234. The number of nitrogens with one attached hydrogen (secondary N) is 3. The van der Waals surface area contributed by atoms with E-state index in [1.165, 1.54) is 0 Å². The Kier molecular flexibility index (Phi) is 4.42. The lowest BCUT2D eigenvalue weighted by molar-refractivity contribution is -0.123. The third kappa shape index (κ3) is 2.96. The molecule has 3 atom stereocenters. The fourth-order valence-electron chi connectivity index (χ4n) is 3.50. The summed E-state index contributed by atoms with van der Waals surface area (Å²) in [6.45, 7) is 2.42. The van der Waals surface area contributed by atoms with Gasteiger partial charge in [0.05, 0.1) is 24.6 Å². The molecule has 26 heavy (non-hydrogen) atoms. The van der Waals surface area contributed by atoms with Crippen LogP contribution in [0.3, 0.4) is 0 Å². The van der Waals surface area contributed by atoms with E-state index in [0.717, 1.165) is 22.5 Å². The van der Waals surface area contributed by atoms with Gasteiger partial charge in [-0.25, -0.2) is 15.8 Å². The molecule has 1 aromatic carbocycles. The normalized spacial score (nSPS) is 22.6. The van der Waals surface area contributed by atoms with Gasteiger partial charge in [-0.15, -0.1) is 0 Å². The topological polar surface area (TPSA) is 96.5 Å². The lowest BCUT2D eigenvalue weighted by Crippen LogP contribution is -2.45. The third-order valence-electron chi connectivity index (χ3n) is 4.87. The fourth-order valence-corrected chi connectivity index (χ4v) is 3.50. The van der Waals surface area contributed by atoms with E-state index in [1.807, 2.05) is 60.0 Å². The van der Waals surface area contributed by atoms with E-state index in [0.29, 0.717) is 6.54 Å². The molecular formula is C19H22N6O. The van der Waals surface area contributed by atoms with Crippen LogP contribution in [0.2, 0.25) is 0 Å². The van der Waals surface area contributed by atoms with Crippen LogP contribution in [0, 0.1) is 6.92 Å². The molecule has 3 heterocycles. The molecule has 4 rings (SSSR count). The maximum Gasteiger partial charge on any atom is 0.239 e. The highest BCUT2D eigenvalue weighted by molar-refractivity contribution is 5.83. The molecule has 1 aliphatic rings. The molecule has 7 nitrogen and oxygen atoms in total. The number of carbonyl (C=O) groups excluding carboxylic acids is 1. The lowest BCUT2D eigenvalue weighted by Gasteiger charge is -2.20. The van der Waals surface area contributed by atoms with E-state index in [9.17, 15) is 4.79 Å². The van der Waals surface area contributed by atoms with Crippen molar-refractivity contribution < 1.29 is 4.79 Å². The summed E-state index contributed by atoms with van der Waals surface area (Å²) in [6.07, 6.45) is 3.42. The molecular weight excluding hydrogens is 328 g/mol. The van der Waals surface area contributed by atoms with E-state index in [4.69, 9.17) is 5.73 Å². The van der Waals surface area contributed by atoms with Crippen molar-refractivity contribution in [1.29, 1.82) is 0 Å². The summed E-state index contributed by atoms with van der Waals surface area (Å²) in [5.41, 5.74) is 16.1. The second-order valence-corrected chi connectivity index (χ2v) is 6.58. The number of aryl methyl sites for hydroxylation is 1. The number of hydrogen-bond donors (Lipinski definition) is 4. The molecule has 1 aliphatic heterocycles. The van der Waals surface area contributed by atoms with Gasteiger partial charge in [-0.3, -0.25) is 4.79 Å². The van der Waals surface area contributed by atoms with Gasteiger partial charge in [0.2, 0.25) is 5.91 Å². The van der Waals surface area contributed by atoms with Crippen LogP contribution in [-0.4, -0.2) is 27.5 Å². The standard InChI is InChI=1S/C19H22N6O/c1-12-6-5-9-25-14(10-21-18(12)25)11-22-19(26)16-15(17(20)24-23-16)13-7-3-2-4-8-13/h2-10,15-17,23-24H,11,20H2,1H3,(H,22,26). The number of aromatic nitrogens is 2. The summed E-state index contributed by atoms with van der Waals surface area (Å²) in [5, 5.41) is 3.00. The number of rotatable bonds is 4. The van der Waals surface area contributed by atoms with Crippen LogP contribution < -0.4 is 21.9 Å². The number of benzene rings is 1. The third-order valence-corrected chi connectivity index (χ3v) is 4.87. The average Bonchev–Trinajstić information content (AvgIpc) is 3.25. The van der Waals surface area contributed by atoms with Crippen molar-refractivity contribution in [2.24, 2.45) is 5.73 Å². The second-order valence-electron chi connectivity index (χ2n) is 6.58. The van der Waals surface area contributed by atoms with Crippen molar-refractivity contribution in [2.75, 3.05) is 0 Å². The summed E-state index contributed by atoms with van der Waals surface area (Å²) >= 11 is 0. The number of nitrogens with zero attached hydrogens (tertiary/aromatic N) is 2. The molecule has 5 N–H and O–H groups in total. The monoisotopic (exact) mass is 350 g/mol. The predicted molar refractivity (Wildman–Crippen MR) is 99.0 cm³/mol. The van der Waals surface area contributed by atoms with Crippen molar-refractivity contribution >= 4 is 11.6 Å². The first kappa shape index (κ1) is 16.7. The van der Waals surface area contributed by atoms with Gasteiger partial charge in [-0.2, -0.15) is 0 Å². The van der Waals surface area contributed by atoms with E-state index < -0.39 is 6.04 Å². The molecule has 0 saturated carbocycles. The zero-order valence-electron chi connectivity index (χ0n) is 14.5. The van der Waals surface area contributed by atoms with E-state index >= 15 is 0 Å². The fraction of sp³-hybridized carbons (Fsp3) is 0.263. The quantitative estimate of drug-likeness (QED) is 0.558. The zero-order valence-corrected chi connectivity index (χ0v) is 14.5. The smallest absolute Gasteiger partial charge is 0.239 e. The number of pyridine rings is 1. The Morgan fingerprint density at radius 2 is 2.04 bits per heavy atom. The number of carbonyl (C=O) groups is 1. The Bertz CT molecular complexity index is 922. The molecule has 1 fully saturated rings. The number of imidazole rings is 1. The van der Waals surface area contributed by atoms with Gasteiger partial charge in [0, 0.05) is 12.1 Å². The minimum atomic E-state index is -0.437. The maximum atomic E-state index is 12.8. The first-order valence-corrected chi connectivity index (χ1v) is 8.66. The van der Waals surface area contributed by atoms with Crippen molar-refractivity contribution in [1.82, 2.24) is 25.6 Å². The highest BCUT2D eigenvalue weighted by atomic mass is 16.2. The van der Waals surface area contributed by atoms with Gasteiger partial charge in [0.25, 0.3) is 0 Å². The Balaban J connectivity index is 1.50. The van der Waals surface area contributed by atoms with Gasteiger partial charge in [-0.1, -0.05) is 36.4 Å². The Labute approximate surface area is 151 Å². The summed E-state index contributed by atoms with van der Waals surface area (Å²) in [7, 11) is 0. The van der Waals surface area contributed by atoms with Crippen LogP contribution in [0.15, 0.2) is 54.9 Å². The van der Waals surface area contributed by atoms with E-state index in [2.05, 4.69) is 21.2 Å². The largest absolute Gasteiger partial charge is 0.349 e. The van der Waals surface area contributed by atoms with Gasteiger partial charge >= 0.3 is 0 Å². The minimum absolute atomic E-state index is 0.0955. The zero-order chi connectivity index (χ0) is 18.1. The molecule has 0 bridgehead atoms. The molecule has 1 amide bonds. The Hall–Kier alpha value is -2.74.